The van der Waals surface area contributed by atoms with Crippen LogP contribution in [0.4, 0.5) is 0 Å². The Hall–Kier alpha value is -1.48. The molecule has 0 aliphatic carbocycles. The minimum Gasteiger partial charge on any atom is -0.497 e. The van der Waals surface area contributed by atoms with E-state index in [1.807, 2.05) is 18.2 Å². The van der Waals surface area contributed by atoms with Gasteiger partial charge in [-0.25, -0.2) is 0 Å². The molecule has 0 saturated heterocycles. The van der Waals surface area contributed by atoms with Crippen molar-refractivity contribution in [3.8, 4) is 5.75 Å². The highest BCUT2D eigenvalue weighted by Crippen LogP contribution is 2.21. The van der Waals surface area contributed by atoms with Gasteiger partial charge in [0.1, 0.15) is 5.75 Å². The summed E-state index contributed by atoms with van der Waals surface area (Å²) in [4.78, 5) is 3.32. The van der Waals surface area contributed by atoms with E-state index in [-0.39, 0.29) is 6.61 Å². The van der Waals surface area contributed by atoms with Crippen molar-refractivity contribution in [3.63, 3.8) is 0 Å². The van der Waals surface area contributed by atoms with Gasteiger partial charge in [-0.15, -0.1) is 0 Å². The van der Waals surface area contributed by atoms with Crippen molar-refractivity contribution in [3.05, 3.63) is 30.0 Å². The molecule has 0 saturated carbocycles. The van der Waals surface area contributed by atoms with Gasteiger partial charge in [0.15, 0.2) is 0 Å². The average molecular weight is 205 g/mol. The summed E-state index contributed by atoms with van der Waals surface area (Å²) in [7, 11) is 1.67. The molecule has 0 unspecified atom stereocenters. The molecule has 0 amide bonds. The number of aryl methyl sites for hydroxylation is 1. The van der Waals surface area contributed by atoms with Crippen LogP contribution >= 0.6 is 0 Å². The number of rotatable bonds is 4. The van der Waals surface area contributed by atoms with Crippen molar-refractivity contribution >= 4 is 10.9 Å². The lowest BCUT2D eigenvalue weighted by molar-refractivity contribution is 0.288. The first-order valence-electron chi connectivity index (χ1n) is 5.10. The molecule has 2 N–H and O–H groups in total. The predicted octanol–water partition coefficient (Wildman–Crippen LogP) is 2.10. The molecule has 0 aliphatic heterocycles. The van der Waals surface area contributed by atoms with Gasteiger partial charge in [0, 0.05) is 23.2 Å². The fourth-order valence-corrected chi connectivity index (χ4v) is 1.70. The molecule has 1 aromatic carbocycles. The van der Waals surface area contributed by atoms with E-state index < -0.39 is 0 Å². The van der Waals surface area contributed by atoms with Crippen molar-refractivity contribution in [1.82, 2.24) is 4.98 Å². The number of H-pyrrole nitrogens is 1. The van der Waals surface area contributed by atoms with Crippen molar-refractivity contribution in [2.45, 2.75) is 12.8 Å². The van der Waals surface area contributed by atoms with Crippen molar-refractivity contribution in [1.29, 1.82) is 0 Å². The molecule has 0 bridgehead atoms. The van der Waals surface area contributed by atoms with Gasteiger partial charge in [-0.05, 0) is 37.1 Å². The number of methoxy groups -OCH3 is 1. The molecule has 1 heterocycles. The lowest BCUT2D eigenvalue weighted by Crippen LogP contribution is -1.88. The molecule has 80 valence electrons. The van der Waals surface area contributed by atoms with E-state index >= 15 is 0 Å². The van der Waals surface area contributed by atoms with Gasteiger partial charge in [0.25, 0.3) is 0 Å². The maximum Gasteiger partial charge on any atom is 0.119 e. The standard InChI is InChI=1S/C12H15NO2/c1-15-11-4-5-12-9(8-11)7-10(13-12)3-2-6-14/h4-5,7-8,13-14H,2-3,6H2,1H3. The molecule has 0 atom stereocenters. The lowest BCUT2D eigenvalue weighted by Gasteiger charge is -1.97. The van der Waals surface area contributed by atoms with E-state index in [9.17, 15) is 0 Å². The molecule has 0 radical (unpaired) electrons. The van der Waals surface area contributed by atoms with Gasteiger partial charge >= 0.3 is 0 Å². The van der Waals surface area contributed by atoms with Gasteiger partial charge < -0.3 is 14.8 Å². The third-order valence-corrected chi connectivity index (χ3v) is 2.49. The van der Waals surface area contributed by atoms with Crippen LogP contribution in [0, 0.1) is 0 Å². The maximum absolute atomic E-state index is 8.75. The van der Waals surface area contributed by atoms with Gasteiger partial charge in [-0.1, -0.05) is 0 Å². The van der Waals surface area contributed by atoms with Crippen LogP contribution in [0.5, 0.6) is 5.75 Å². The molecule has 0 fully saturated rings. The van der Waals surface area contributed by atoms with Crippen LogP contribution in [0.2, 0.25) is 0 Å². The third kappa shape index (κ3) is 2.13. The molecule has 2 rings (SSSR count). The summed E-state index contributed by atoms with van der Waals surface area (Å²) >= 11 is 0. The van der Waals surface area contributed by atoms with Crippen LogP contribution < -0.4 is 4.74 Å². The van der Waals surface area contributed by atoms with E-state index in [0.717, 1.165) is 35.2 Å². The quantitative estimate of drug-likeness (QED) is 0.802. The summed E-state index contributed by atoms with van der Waals surface area (Å²) in [5, 5.41) is 9.91. The first-order chi connectivity index (χ1) is 7.33. The number of hydrogen-bond donors (Lipinski definition) is 2. The van der Waals surface area contributed by atoms with Crippen LogP contribution in [-0.4, -0.2) is 23.8 Å². The third-order valence-electron chi connectivity index (χ3n) is 2.49. The summed E-state index contributed by atoms with van der Waals surface area (Å²) in [6.07, 6.45) is 1.68. The first-order valence-corrected chi connectivity index (χ1v) is 5.10. The molecule has 3 heteroatoms. The van der Waals surface area contributed by atoms with Gasteiger partial charge in [-0.3, -0.25) is 0 Å². The molecule has 15 heavy (non-hydrogen) atoms. The topological polar surface area (TPSA) is 45.2 Å². The molecule has 3 nitrogen and oxygen atoms in total. The molecule has 0 spiro atoms. The Balaban J connectivity index is 2.29. The summed E-state index contributed by atoms with van der Waals surface area (Å²) in [6, 6.07) is 8.06. The molecule has 1 aromatic heterocycles. The van der Waals surface area contributed by atoms with Gasteiger partial charge in [0.05, 0.1) is 7.11 Å². The van der Waals surface area contributed by atoms with E-state index in [0.29, 0.717) is 0 Å². The fourth-order valence-electron chi connectivity index (χ4n) is 1.70. The number of fused-ring (bicyclic) bond motifs is 1. The fraction of sp³-hybridized carbons (Fsp3) is 0.333. The second kappa shape index (κ2) is 4.36. The number of hydrogen-bond acceptors (Lipinski definition) is 2. The van der Waals surface area contributed by atoms with E-state index in [4.69, 9.17) is 9.84 Å². The Bertz CT molecular complexity index is 448. The number of benzene rings is 1. The molecular weight excluding hydrogens is 190 g/mol. The predicted molar refractivity (Wildman–Crippen MR) is 60.3 cm³/mol. The molecular formula is C12H15NO2. The first kappa shape index (κ1) is 10.1. The van der Waals surface area contributed by atoms with Crippen LogP contribution in [0.1, 0.15) is 12.1 Å². The second-order valence-electron chi connectivity index (χ2n) is 3.57. The SMILES string of the molecule is COc1ccc2[nH]c(CCCO)cc2c1. The van der Waals surface area contributed by atoms with Crippen molar-refractivity contribution < 1.29 is 9.84 Å². The average Bonchev–Trinajstić information content (AvgIpc) is 2.67. The number of aromatic amines is 1. The lowest BCUT2D eigenvalue weighted by atomic mass is 10.2. The zero-order chi connectivity index (χ0) is 10.7. The van der Waals surface area contributed by atoms with Crippen LogP contribution in [0.25, 0.3) is 10.9 Å². The van der Waals surface area contributed by atoms with Crippen LogP contribution in [0.3, 0.4) is 0 Å². The van der Waals surface area contributed by atoms with Crippen LogP contribution in [-0.2, 0) is 6.42 Å². The Kier molecular flexibility index (Phi) is 2.92. The maximum atomic E-state index is 8.75. The summed E-state index contributed by atoms with van der Waals surface area (Å²) in [6.45, 7) is 0.235. The Labute approximate surface area is 88.7 Å². The molecule has 0 aliphatic rings. The zero-order valence-electron chi connectivity index (χ0n) is 8.79. The monoisotopic (exact) mass is 205 g/mol. The Morgan fingerprint density at radius 2 is 2.20 bits per heavy atom. The second-order valence-corrected chi connectivity index (χ2v) is 3.57. The summed E-state index contributed by atoms with van der Waals surface area (Å²) in [5.41, 5.74) is 2.27. The minimum absolute atomic E-state index is 0.235. The van der Waals surface area contributed by atoms with E-state index in [2.05, 4.69) is 11.1 Å². The summed E-state index contributed by atoms with van der Waals surface area (Å²) in [5.74, 6) is 0.871. The van der Waals surface area contributed by atoms with Crippen molar-refractivity contribution in [2.24, 2.45) is 0 Å². The molecule has 2 aromatic rings. The highest BCUT2D eigenvalue weighted by Gasteiger charge is 2.01. The number of aliphatic hydroxyl groups is 1. The van der Waals surface area contributed by atoms with Crippen LogP contribution in [0.15, 0.2) is 24.3 Å². The smallest absolute Gasteiger partial charge is 0.119 e. The minimum atomic E-state index is 0.235. The van der Waals surface area contributed by atoms with Gasteiger partial charge in [-0.2, -0.15) is 0 Å². The Morgan fingerprint density at radius 3 is 2.93 bits per heavy atom. The van der Waals surface area contributed by atoms with Gasteiger partial charge in [0.2, 0.25) is 0 Å². The number of aromatic nitrogens is 1. The van der Waals surface area contributed by atoms with E-state index in [1.165, 1.54) is 0 Å². The number of nitrogens with one attached hydrogen (secondary N) is 1. The highest BCUT2D eigenvalue weighted by molar-refractivity contribution is 5.81. The largest absolute Gasteiger partial charge is 0.497 e. The normalized spacial score (nSPS) is 10.8. The highest BCUT2D eigenvalue weighted by atomic mass is 16.5. The number of aliphatic hydroxyl groups excluding tert-OH is 1. The van der Waals surface area contributed by atoms with E-state index in [1.54, 1.807) is 7.11 Å². The zero-order valence-corrected chi connectivity index (χ0v) is 8.79. The Morgan fingerprint density at radius 1 is 1.33 bits per heavy atom. The number of ether oxygens (including phenoxy) is 1. The van der Waals surface area contributed by atoms with Crippen molar-refractivity contribution in [2.75, 3.05) is 13.7 Å². The summed E-state index contributed by atoms with van der Waals surface area (Å²) < 4.78 is 5.16.